The summed E-state index contributed by atoms with van der Waals surface area (Å²) >= 11 is 0. The molecular formula is C18H26N4O. The fraction of sp³-hybridized carbons (Fsp3) is 0.611. The highest BCUT2D eigenvalue weighted by atomic mass is 16.3. The van der Waals surface area contributed by atoms with Crippen LogP contribution in [-0.4, -0.2) is 52.8 Å². The minimum atomic E-state index is 0.313. The van der Waals surface area contributed by atoms with Crippen molar-refractivity contribution in [3.8, 4) is 0 Å². The van der Waals surface area contributed by atoms with Crippen molar-refractivity contribution in [3.63, 3.8) is 0 Å². The Morgan fingerprint density at radius 2 is 2.13 bits per heavy atom. The SMILES string of the molecule is OCC1CCN(Cc2c(C3CCNCC3)[nH]c3ncccc23)C1. The van der Waals surface area contributed by atoms with Gasteiger partial charge in [-0.1, -0.05) is 0 Å². The van der Waals surface area contributed by atoms with Gasteiger partial charge in [0.2, 0.25) is 0 Å². The highest BCUT2D eigenvalue weighted by Gasteiger charge is 2.26. The zero-order valence-corrected chi connectivity index (χ0v) is 13.6. The quantitative estimate of drug-likeness (QED) is 0.806. The molecule has 0 saturated carbocycles. The molecule has 1 unspecified atom stereocenters. The predicted molar refractivity (Wildman–Crippen MR) is 91.4 cm³/mol. The van der Waals surface area contributed by atoms with Gasteiger partial charge in [0.05, 0.1) is 0 Å². The molecule has 5 nitrogen and oxygen atoms in total. The van der Waals surface area contributed by atoms with Crippen LogP contribution in [0.3, 0.4) is 0 Å². The van der Waals surface area contributed by atoms with Gasteiger partial charge in [-0.3, -0.25) is 4.90 Å². The minimum absolute atomic E-state index is 0.313. The summed E-state index contributed by atoms with van der Waals surface area (Å²) in [5.41, 5.74) is 3.85. The number of nitrogens with one attached hydrogen (secondary N) is 2. The molecule has 2 aromatic heterocycles. The highest BCUT2D eigenvalue weighted by Crippen LogP contribution is 2.33. The maximum Gasteiger partial charge on any atom is 0.137 e. The minimum Gasteiger partial charge on any atom is -0.396 e. The van der Waals surface area contributed by atoms with Crippen molar-refractivity contribution in [2.24, 2.45) is 5.92 Å². The standard InChI is InChI=1S/C18H26N4O/c23-12-13-5-9-22(10-13)11-16-15-2-1-6-20-18(15)21-17(16)14-3-7-19-8-4-14/h1-2,6,13-14,19,23H,3-5,7-12H2,(H,20,21). The van der Waals surface area contributed by atoms with E-state index in [4.69, 9.17) is 0 Å². The van der Waals surface area contributed by atoms with Gasteiger partial charge in [-0.15, -0.1) is 0 Å². The Morgan fingerprint density at radius 1 is 1.26 bits per heavy atom. The number of hydrogen-bond donors (Lipinski definition) is 3. The van der Waals surface area contributed by atoms with Gasteiger partial charge in [-0.2, -0.15) is 0 Å². The highest BCUT2D eigenvalue weighted by molar-refractivity contribution is 5.81. The molecule has 2 aromatic rings. The number of aromatic amines is 1. The summed E-state index contributed by atoms with van der Waals surface area (Å²) in [5.74, 6) is 1.05. The number of nitrogens with zero attached hydrogens (tertiary/aromatic N) is 2. The molecule has 23 heavy (non-hydrogen) atoms. The normalized spacial score (nSPS) is 23.8. The number of likely N-dealkylation sites (tertiary alicyclic amines) is 1. The molecule has 3 N–H and O–H groups in total. The number of piperidine rings is 1. The summed E-state index contributed by atoms with van der Waals surface area (Å²) in [6, 6.07) is 4.23. The molecule has 0 aliphatic carbocycles. The lowest BCUT2D eigenvalue weighted by Crippen LogP contribution is -2.28. The first-order chi connectivity index (χ1) is 11.3. The molecule has 0 spiro atoms. The first kappa shape index (κ1) is 15.1. The molecule has 124 valence electrons. The maximum absolute atomic E-state index is 9.39. The average Bonchev–Trinajstić information content (AvgIpc) is 3.21. The molecule has 4 rings (SSSR count). The molecular weight excluding hydrogens is 288 g/mol. The zero-order valence-electron chi connectivity index (χ0n) is 13.6. The van der Waals surface area contributed by atoms with Crippen molar-refractivity contribution in [1.29, 1.82) is 0 Å². The maximum atomic E-state index is 9.39. The predicted octanol–water partition coefficient (Wildman–Crippen LogP) is 1.84. The Bertz CT molecular complexity index is 662. The summed E-state index contributed by atoms with van der Waals surface area (Å²) in [7, 11) is 0. The molecule has 0 radical (unpaired) electrons. The number of H-pyrrole nitrogens is 1. The first-order valence-corrected chi connectivity index (χ1v) is 8.84. The Labute approximate surface area is 137 Å². The average molecular weight is 314 g/mol. The molecule has 4 heterocycles. The van der Waals surface area contributed by atoms with Gasteiger partial charge in [0.1, 0.15) is 5.65 Å². The van der Waals surface area contributed by atoms with Crippen LogP contribution in [0.4, 0.5) is 0 Å². The summed E-state index contributed by atoms with van der Waals surface area (Å²) in [6.45, 7) is 5.58. The monoisotopic (exact) mass is 314 g/mol. The summed E-state index contributed by atoms with van der Waals surface area (Å²) < 4.78 is 0. The van der Waals surface area contributed by atoms with Crippen LogP contribution >= 0.6 is 0 Å². The van der Waals surface area contributed by atoms with Gasteiger partial charge in [0.15, 0.2) is 0 Å². The van der Waals surface area contributed by atoms with Gasteiger partial charge in [-0.05, 0) is 62.5 Å². The van der Waals surface area contributed by atoms with Gasteiger partial charge < -0.3 is 15.4 Å². The van der Waals surface area contributed by atoms with E-state index in [1.807, 2.05) is 12.3 Å². The lowest BCUT2D eigenvalue weighted by Gasteiger charge is -2.24. The number of hydrogen-bond acceptors (Lipinski definition) is 4. The fourth-order valence-electron chi connectivity index (χ4n) is 4.16. The van der Waals surface area contributed by atoms with Crippen LogP contribution in [0.2, 0.25) is 0 Å². The third kappa shape index (κ3) is 3.01. The number of pyridine rings is 1. The second-order valence-electron chi connectivity index (χ2n) is 7.01. The van der Waals surface area contributed by atoms with Crippen molar-refractivity contribution in [2.75, 3.05) is 32.8 Å². The third-order valence-electron chi connectivity index (χ3n) is 5.47. The molecule has 0 amide bonds. The van der Waals surface area contributed by atoms with Crippen molar-refractivity contribution in [1.82, 2.24) is 20.2 Å². The fourth-order valence-corrected chi connectivity index (χ4v) is 4.16. The molecule has 0 aromatic carbocycles. The summed E-state index contributed by atoms with van der Waals surface area (Å²) in [6.07, 6.45) is 5.37. The second-order valence-corrected chi connectivity index (χ2v) is 7.01. The van der Waals surface area contributed by atoms with E-state index in [1.54, 1.807) is 0 Å². The van der Waals surface area contributed by atoms with E-state index in [1.165, 1.54) is 29.5 Å². The third-order valence-corrected chi connectivity index (χ3v) is 5.47. The largest absolute Gasteiger partial charge is 0.396 e. The van der Waals surface area contributed by atoms with Crippen LogP contribution in [0.25, 0.3) is 11.0 Å². The topological polar surface area (TPSA) is 64.2 Å². The molecule has 1 atom stereocenters. The van der Waals surface area contributed by atoms with Crippen LogP contribution in [0, 0.1) is 5.92 Å². The van der Waals surface area contributed by atoms with Crippen LogP contribution in [-0.2, 0) is 6.54 Å². The van der Waals surface area contributed by atoms with Gasteiger partial charge in [-0.25, -0.2) is 4.98 Å². The second kappa shape index (κ2) is 6.59. The van der Waals surface area contributed by atoms with Crippen LogP contribution in [0.5, 0.6) is 0 Å². The Balaban J connectivity index is 1.65. The molecule has 2 aliphatic rings. The van der Waals surface area contributed by atoms with Crippen LogP contribution in [0.15, 0.2) is 18.3 Å². The molecule has 2 fully saturated rings. The number of aliphatic hydroxyl groups excluding tert-OH is 1. The van der Waals surface area contributed by atoms with E-state index in [9.17, 15) is 5.11 Å². The molecule has 0 bridgehead atoms. The van der Waals surface area contributed by atoms with Crippen LogP contribution in [0.1, 0.15) is 36.4 Å². The molecule has 5 heteroatoms. The van der Waals surface area contributed by atoms with E-state index in [0.717, 1.165) is 44.8 Å². The Kier molecular flexibility index (Phi) is 4.33. The molecule has 2 saturated heterocycles. The van der Waals surface area contributed by atoms with E-state index < -0.39 is 0 Å². The van der Waals surface area contributed by atoms with Crippen molar-refractivity contribution in [2.45, 2.75) is 31.7 Å². The van der Waals surface area contributed by atoms with Crippen LogP contribution < -0.4 is 5.32 Å². The lowest BCUT2D eigenvalue weighted by atomic mass is 9.91. The number of aromatic nitrogens is 2. The Morgan fingerprint density at radius 3 is 2.91 bits per heavy atom. The summed E-state index contributed by atoms with van der Waals surface area (Å²) in [4.78, 5) is 10.6. The van der Waals surface area contributed by atoms with E-state index in [-0.39, 0.29) is 0 Å². The van der Waals surface area contributed by atoms with Gasteiger partial charge in [0, 0.05) is 42.9 Å². The smallest absolute Gasteiger partial charge is 0.137 e. The zero-order chi connectivity index (χ0) is 15.6. The number of rotatable bonds is 4. The van der Waals surface area contributed by atoms with E-state index >= 15 is 0 Å². The van der Waals surface area contributed by atoms with E-state index in [0.29, 0.717) is 18.4 Å². The van der Waals surface area contributed by atoms with Crippen molar-refractivity contribution >= 4 is 11.0 Å². The molecule has 2 aliphatic heterocycles. The number of fused-ring (bicyclic) bond motifs is 1. The summed E-state index contributed by atoms with van der Waals surface area (Å²) in [5, 5.41) is 14.1. The lowest BCUT2D eigenvalue weighted by molar-refractivity contribution is 0.220. The Hall–Kier alpha value is -1.43. The van der Waals surface area contributed by atoms with Crippen molar-refractivity contribution < 1.29 is 5.11 Å². The number of aliphatic hydroxyl groups is 1. The van der Waals surface area contributed by atoms with E-state index in [2.05, 4.69) is 26.3 Å². The first-order valence-electron chi connectivity index (χ1n) is 8.84. The van der Waals surface area contributed by atoms with Gasteiger partial charge >= 0.3 is 0 Å². The van der Waals surface area contributed by atoms with Crippen molar-refractivity contribution in [3.05, 3.63) is 29.6 Å². The van der Waals surface area contributed by atoms with Gasteiger partial charge in [0.25, 0.3) is 0 Å².